The van der Waals surface area contributed by atoms with Gasteiger partial charge in [0.2, 0.25) is 0 Å². The summed E-state index contributed by atoms with van der Waals surface area (Å²) in [6.07, 6.45) is 3.15. The molecule has 0 aliphatic carbocycles. The van der Waals surface area contributed by atoms with Crippen LogP contribution in [0.1, 0.15) is 17.3 Å². The summed E-state index contributed by atoms with van der Waals surface area (Å²) in [5.74, 6) is 0.791. The van der Waals surface area contributed by atoms with Crippen LogP contribution < -0.4 is 10.1 Å². The van der Waals surface area contributed by atoms with E-state index in [9.17, 15) is 4.79 Å². The Morgan fingerprint density at radius 3 is 2.43 bits per heavy atom. The molecule has 2 rings (SSSR count). The molecule has 0 aliphatic rings. The Hall–Kier alpha value is -2.07. The van der Waals surface area contributed by atoms with Crippen LogP contribution in [0.5, 0.6) is 5.75 Å². The van der Waals surface area contributed by atoms with E-state index in [1.165, 1.54) is 6.08 Å². The fourth-order valence-electron chi connectivity index (χ4n) is 1.74. The van der Waals surface area contributed by atoms with E-state index in [4.69, 9.17) is 4.74 Å². The van der Waals surface area contributed by atoms with Gasteiger partial charge in [0, 0.05) is 28.0 Å². The molecule has 0 spiro atoms. The van der Waals surface area contributed by atoms with Crippen LogP contribution in [0.15, 0.2) is 65.3 Å². The Balaban J connectivity index is 1.92. The first-order valence-electron chi connectivity index (χ1n) is 6.65. The van der Waals surface area contributed by atoms with E-state index in [0.29, 0.717) is 12.2 Å². The SMILES string of the molecule is CCOc1ccc(NC=CC(=O)c2ccc(Br)cc2)cc1. The number of halogens is 1. The third kappa shape index (κ3) is 4.76. The van der Waals surface area contributed by atoms with Gasteiger partial charge in [-0.3, -0.25) is 4.79 Å². The van der Waals surface area contributed by atoms with Crippen molar-refractivity contribution in [1.82, 2.24) is 0 Å². The minimum absolute atomic E-state index is 0.0408. The molecule has 0 aromatic heterocycles. The number of allylic oxidation sites excluding steroid dienone is 1. The van der Waals surface area contributed by atoms with E-state index in [-0.39, 0.29) is 5.78 Å². The molecule has 4 heteroatoms. The van der Waals surface area contributed by atoms with Gasteiger partial charge in [0.05, 0.1) is 6.61 Å². The smallest absolute Gasteiger partial charge is 0.187 e. The number of ketones is 1. The third-order valence-corrected chi connectivity index (χ3v) is 3.31. The molecule has 2 aromatic rings. The number of hydrogen-bond donors (Lipinski definition) is 1. The van der Waals surface area contributed by atoms with E-state index >= 15 is 0 Å². The molecule has 0 radical (unpaired) electrons. The largest absolute Gasteiger partial charge is 0.494 e. The molecule has 21 heavy (non-hydrogen) atoms. The summed E-state index contributed by atoms with van der Waals surface area (Å²) in [6.45, 7) is 2.59. The van der Waals surface area contributed by atoms with Crippen molar-refractivity contribution in [2.24, 2.45) is 0 Å². The zero-order chi connectivity index (χ0) is 15.1. The highest BCUT2D eigenvalue weighted by molar-refractivity contribution is 9.10. The van der Waals surface area contributed by atoms with Crippen molar-refractivity contribution in [1.29, 1.82) is 0 Å². The van der Waals surface area contributed by atoms with Gasteiger partial charge in [-0.2, -0.15) is 0 Å². The molecule has 1 N–H and O–H groups in total. The van der Waals surface area contributed by atoms with Crippen molar-refractivity contribution < 1.29 is 9.53 Å². The number of hydrogen-bond acceptors (Lipinski definition) is 3. The summed E-state index contributed by atoms with van der Waals surface area (Å²) < 4.78 is 6.32. The zero-order valence-corrected chi connectivity index (χ0v) is 13.3. The molecule has 0 aliphatic heterocycles. The van der Waals surface area contributed by atoms with Crippen molar-refractivity contribution in [3.63, 3.8) is 0 Å². The van der Waals surface area contributed by atoms with Crippen molar-refractivity contribution in [3.8, 4) is 5.75 Å². The summed E-state index contributed by atoms with van der Waals surface area (Å²) in [5.41, 5.74) is 1.56. The highest BCUT2D eigenvalue weighted by atomic mass is 79.9. The molecular formula is C17H16BrNO2. The van der Waals surface area contributed by atoms with Gasteiger partial charge >= 0.3 is 0 Å². The lowest BCUT2D eigenvalue weighted by molar-refractivity contribution is 0.104. The summed E-state index contributed by atoms with van der Waals surface area (Å²) in [6, 6.07) is 14.8. The highest BCUT2D eigenvalue weighted by Gasteiger charge is 2.00. The standard InChI is InChI=1S/C17H16BrNO2/c1-2-21-16-9-7-15(8-10-16)19-12-11-17(20)13-3-5-14(18)6-4-13/h3-12,19H,2H2,1H3. The predicted octanol–water partition coefficient (Wildman–Crippen LogP) is 4.66. The minimum atomic E-state index is -0.0408. The van der Waals surface area contributed by atoms with E-state index in [0.717, 1.165) is 15.9 Å². The molecule has 3 nitrogen and oxygen atoms in total. The summed E-state index contributed by atoms with van der Waals surface area (Å²) in [5, 5.41) is 3.06. The van der Waals surface area contributed by atoms with Gasteiger partial charge in [0.15, 0.2) is 5.78 Å². The molecule has 108 valence electrons. The van der Waals surface area contributed by atoms with Gasteiger partial charge in [-0.1, -0.05) is 15.9 Å². The lowest BCUT2D eigenvalue weighted by Crippen LogP contribution is -1.96. The lowest BCUT2D eigenvalue weighted by atomic mass is 10.1. The van der Waals surface area contributed by atoms with Crippen LogP contribution in [0, 0.1) is 0 Å². The lowest BCUT2D eigenvalue weighted by Gasteiger charge is -2.04. The maximum Gasteiger partial charge on any atom is 0.187 e. The van der Waals surface area contributed by atoms with Crippen molar-refractivity contribution in [2.75, 3.05) is 11.9 Å². The maximum atomic E-state index is 11.9. The summed E-state index contributed by atoms with van der Waals surface area (Å²) in [4.78, 5) is 11.9. The van der Waals surface area contributed by atoms with Gasteiger partial charge < -0.3 is 10.1 Å². The monoisotopic (exact) mass is 345 g/mol. The molecule has 0 unspecified atom stereocenters. The van der Waals surface area contributed by atoms with Crippen LogP contribution in [0.2, 0.25) is 0 Å². The molecular weight excluding hydrogens is 330 g/mol. The zero-order valence-electron chi connectivity index (χ0n) is 11.7. The van der Waals surface area contributed by atoms with Crippen molar-refractivity contribution in [2.45, 2.75) is 6.92 Å². The van der Waals surface area contributed by atoms with Gasteiger partial charge in [0.1, 0.15) is 5.75 Å². The average Bonchev–Trinajstić information content (AvgIpc) is 2.50. The Morgan fingerprint density at radius 1 is 1.14 bits per heavy atom. The molecule has 0 bridgehead atoms. The first kappa shape index (κ1) is 15.3. The number of carbonyl (C=O) groups is 1. The Labute approximate surface area is 132 Å². The number of benzene rings is 2. The second kappa shape index (κ2) is 7.64. The Bertz CT molecular complexity index is 618. The number of anilines is 1. The second-order valence-corrected chi connectivity index (χ2v) is 5.22. The molecule has 0 saturated carbocycles. The van der Waals surface area contributed by atoms with Crippen LogP contribution in [0.4, 0.5) is 5.69 Å². The van der Waals surface area contributed by atoms with Crippen molar-refractivity contribution >= 4 is 27.4 Å². The number of carbonyl (C=O) groups excluding carboxylic acids is 1. The predicted molar refractivity (Wildman–Crippen MR) is 88.8 cm³/mol. The molecule has 2 aromatic carbocycles. The van der Waals surface area contributed by atoms with Crippen molar-refractivity contribution in [3.05, 3.63) is 70.8 Å². The van der Waals surface area contributed by atoms with E-state index < -0.39 is 0 Å². The van der Waals surface area contributed by atoms with Crippen LogP contribution in [0.25, 0.3) is 0 Å². The third-order valence-electron chi connectivity index (χ3n) is 2.78. The van der Waals surface area contributed by atoms with E-state index in [2.05, 4.69) is 21.2 Å². The number of nitrogens with one attached hydrogen (secondary N) is 1. The first-order chi connectivity index (χ1) is 10.2. The Kier molecular flexibility index (Phi) is 5.58. The maximum absolute atomic E-state index is 11.9. The van der Waals surface area contributed by atoms with Gasteiger partial charge in [-0.05, 0) is 55.5 Å². The quantitative estimate of drug-likeness (QED) is 0.611. The average molecular weight is 346 g/mol. The fraction of sp³-hybridized carbons (Fsp3) is 0.118. The molecule has 0 fully saturated rings. The van der Waals surface area contributed by atoms with Gasteiger partial charge in [0.25, 0.3) is 0 Å². The van der Waals surface area contributed by atoms with E-state index in [1.54, 1.807) is 18.3 Å². The summed E-state index contributed by atoms with van der Waals surface area (Å²) >= 11 is 3.34. The van der Waals surface area contributed by atoms with Gasteiger partial charge in [-0.15, -0.1) is 0 Å². The topological polar surface area (TPSA) is 38.3 Å². The van der Waals surface area contributed by atoms with E-state index in [1.807, 2.05) is 43.3 Å². The van der Waals surface area contributed by atoms with Gasteiger partial charge in [-0.25, -0.2) is 0 Å². The minimum Gasteiger partial charge on any atom is -0.494 e. The molecule has 0 atom stereocenters. The molecule has 0 saturated heterocycles. The van der Waals surface area contributed by atoms with Crippen LogP contribution in [0.3, 0.4) is 0 Å². The summed E-state index contributed by atoms with van der Waals surface area (Å²) in [7, 11) is 0. The first-order valence-corrected chi connectivity index (χ1v) is 7.44. The second-order valence-electron chi connectivity index (χ2n) is 4.31. The molecule has 0 amide bonds. The highest BCUT2D eigenvalue weighted by Crippen LogP contribution is 2.15. The fourth-order valence-corrected chi connectivity index (χ4v) is 2.00. The molecule has 0 heterocycles. The number of rotatable bonds is 6. The number of ether oxygens (including phenoxy) is 1. The Morgan fingerprint density at radius 2 is 1.81 bits per heavy atom. The van der Waals surface area contributed by atoms with Crippen LogP contribution in [-0.4, -0.2) is 12.4 Å². The normalized spacial score (nSPS) is 10.6. The van der Waals surface area contributed by atoms with Crippen LogP contribution >= 0.6 is 15.9 Å². The van der Waals surface area contributed by atoms with Crippen LogP contribution in [-0.2, 0) is 0 Å².